The highest BCUT2D eigenvalue weighted by Crippen LogP contribution is 2.24. The van der Waals surface area contributed by atoms with Crippen LogP contribution in [-0.2, 0) is 11.2 Å². The summed E-state index contributed by atoms with van der Waals surface area (Å²) in [5.41, 5.74) is 5.55. The number of carbonyl (C=O) groups excluding carboxylic acids is 1. The van der Waals surface area contributed by atoms with Crippen molar-refractivity contribution in [1.29, 1.82) is 0 Å². The lowest BCUT2D eigenvalue weighted by molar-refractivity contribution is -0.118. The first kappa shape index (κ1) is 17.3. The SMILES string of the molecule is CCc1oc2ccccc2c1/C=N\NC(=O)CSc1ccc(C)cc1. The van der Waals surface area contributed by atoms with E-state index in [4.69, 9.17) is 4.42 Å². The number of rotatable bonds is 6. The average Bonchev–Trinajstić information content (AvgIpc) is 2.99. The van der Waals surface area contributed by atoms with Crippen LogP contribution in [-0.4, -0.2) is 17.9 Å². The van der Waals surface area contributed by atoms with E-state index in [0.29, 0.717) is 5.75 Å². The van der Waals surface area contributed by atoms with Crippen molar-refractivity contribution in [3.63, 3.8) is 0 Å². The van der Waals surface area contributed by atoms with Crippen LogP contribution in [0.25, 0.3) is 11.0 Å². The fourth-order valence-electron chi connectivity index (χ4n) is 2.50. The largest absolute Gasteiger partial charge is 0.460 e. The number of benzene rings is 2. The van der Waals surface area contributed by atoms with Gasteiger partial charge in [0.05, 0.1) is 12.0 Å². The van der Waals surface area contributed by atoms with Gasteiger partial charge in [0.25, 0.3) is 0 Å². The molecule has 0 fully saturated rings. The maximum atomic E-state index is 12.0. The Hall–Kier alpha value is -2.53. The second kappa shape index (κ2) is 8.03. The van der Waals surface area contributed by atoms with E-state index in [1.54, 1.807) is 6.21 Å². The molecule has 0 radical (unpaired) electrons. The molecular formula is C20H20N2O2S. The number of aryl methyl sites for hydroxylation is 2. The highest BCUT2D eigenvalue weighted by molar-refractivity contribution is 8.00. The number of thioether (sulfide) groups is 1. The summed E-state index contributed by atoms with van der Waals surface area (Å²) in [6, 6.07) is 15.9. The van der Waals surface area contributed by atoms with Gasteiger partial charge in [0, 0.05) is 22.3 Å². The lowest BCUT2D eigenvalue weighted by Gasteiger charge is -2.01. The molecule has 1 aromatic heterocycles. The van der Waals surface area contributed by atoms with Crippen molar-refractivity contribution >= 4 is 34.9 Å². The summed E-state index contributed by atoms with van der Waals surface area (Å²) in [7, 11) is 0. The van der Waals surface area contributed by atoms with Gasteiger partial charge in [0.1, 0.15) is 11.3 Å². The second-order valence-electron chi connectivity index (χ2n) is 5.68. The number of para-hydroxylation sites is 1. The first-order valence-corrected chi connectivity index (χ1v) is 9.17. The zero-order valence-electron chi connectivity index (χ0n) is 14.3. The zero-order valence-corrected chi connectivity index (χ0v) is 15.1. The first-order valence-electron chi connectivity index (χ1n) is 8.19. The molecule has 4 nitrogen and oxygen atoms in total. The fraction of sp³-hybridized carbons (Fsp3) is 0.200. The molecule has 0 saturated heterocycles. The summed E-state index contributed by atoms with van der Waals surface area (Å²) in [6.45, 7) is 4.08. The van der Waals surface area contributed by atoms with E-state index >= 15 is 0 Å². The minimum absolute atomic E-state index is 0.132. The molecule has 5 heteroatoms. The Labute approximate surface area is 151 Å². The van der Waals surface area contributed by atoms with E-state index in [1.807, 2.05) is 62.4 Å². The second-order valence-corrected chi connectivity index (χ2v) is 6.73. The monoisotopic (exact) mass is 352 g/mol. The number of amides is 1. The lowest BCUT2D eigenvalue weighted by atomic mass is 10.1. The number of nitrogens with zero attached hydrogens (tertiary/aromatic N) is 1. The summed E-state index contributed by atoms with van der Waals surface area (Å²) in [5.74, 6) is 1.06. The molecule has 25 heavy (non-hydrogen) atoms. The Bertz CT molecular complexity index is 898. The van der Waals surface area contributed by atoms with Gasteiger partial charge < -0.3 is 4.42 Å². The van der Waals surface area contributed by atoms with E-state index in [9.17, 15) is 4.79 Å². The van der Waals surface area contributed by atoms with Gasteiger partial charge in [-0.3, -0.25) is 4.79 Å². The van der Waals surface area contributed by atoms with Crippen molar-refractivity contribution in [2.75, 3.05) is 5.75 Å². The number of hydrogen-bond donors (Lipinski definition) is 1. The number of fused-ring (bicyclic) bond motifs is 1. The Morgan fingerprint density at radius 3 is 2.72 bits per heavy atom. The standard InChI is InChI=1S/C20H20N2O2S/c1-3-18-17(16-6-4-5-7-19(16)24-18)12-21-22-20(23)13-25-15-10-8-14(2)9-11-15/h4-12H,3,13H2,1-2H3,(H,22,23)/b21-12-. The quantitative estimate of drug-likeness (QED) is 0.402. The molecule has 0 bridgehead atoms. The van der Waals surface area contributed by atoms with Gasteiger partial charge in [-0.15, -0.1) is 11.8 Å². The molecule has 128 valence electrons. The third kappa shape index (κ3) is 4.31. The van der Waals surface area contributed by atoms with Crippen LogP contribution in [0.3, 0.4) is 0 Å². The van der Waals surface area contributed by atoms with Crippen molar-refractivity contribution in [1.82, 2.24) is 5.43 Å². The van der Waals surface area contributed by atoms with Crippen molar-refractivity contribution in [2.24, 2.45) is 5.10 Å². The Kier molecular flexibility index (Phi) is 5.56. The third-order valence-corrected chi connectivity index (χ3v) is 4.82. The average molecular weight is 352 g/mol. The third-order valence-electron chi connectivity index (χ3n) is 3.81. The van der Waals surface area contributed by atoms with E-state index in [1.165, 1.54) is 17.3 Å². The van der Waals surface area contributed by atoms with E-state index in [-0.39, 0.29) is 5.91 Å². The summed E-state index contributed by atoms with van der Waals surface area (Å²) < 4.78 is 5.81. The molecule has 1 heterocycles. The molecule has 2 aromatic carbocycles. The fourth-order valence-corrected chi connectivity index (χ4v) is 3.20. The Morgan fingerprint density at radius 2 is 1.96 bits per heavy atom. The molecule has 0 spiro atoms. The van der Waals surface area contributed by atoms with Gasteiger partial charge in [0.2, 0.25) is 5.91 Å². The lowest BCUT2D eigenvalue weighted by Crippen LogP contribution is -2.19. The van der Waals surface area contributed by atoms with Gasteiger partial charge in [-0.25, -0.2) is 5.43 Å². The van der Waals surface area contributed by atoms with Gasteiger partial charge in [-0.1, -0.05) is 42.8 Å². The zero-order chi connectivity index (χ0) is 17.6. The molecule has 0 aliphatic heterocycles. The Balaban J connectivity index is 1.61. The molecular weight excluding hydrogens is 332 g/mol. The van der Waals surface area contributed by atoms with Gasteiger partial charge in [0.15, 0.2) is 0 Å². The van der Waals surface area contributed by atoms with Gasteiger partial charge in [-0.2, -0.15) is 5.10 Å². The predicted octanol–water partition coefficient (Wildman–Crippen LogP) is 4.55. The topological polar surface area (TPSA) is 54.6 Å². The minimum atomic E-state index is -0.132. The number of furan rings is 1. The van der Waals surface area contributed by atoms with Crippen LogP contribution in [0.1, 0.15) is 23.8 Å². The normalized spacial score (nSPS) is 11.3. The van der Waals surface area contributed by atoms with Crippen molar-refractivity contribution in [3.05, 3.63) is 65.4 Å². The van der Waals surface area contributed by atoms with Crippen molar-refractivity contribution in [3.8, 4) is 0 Å². The molecule has 0 atom stereocenters. The van der Waals surface area contributed by atoms with Crippen LogP contribution in [0.15, 0.2) is 62.9 Å². The highest BCUT2D eigenvalue weighted by atomic mass is 32.2. The summed E-state index contributed by atoms with van der Waals surface area (Å²) >= 11 is 1.49. The molecule has 0 saturated carbocycles. The Morgan fingerprint density at radius 1 is 1.20 bits per heavy atom. The maximum absolute atomic E-state index is 12.0. The molecule has 3 rings (SSSR count). The summed E-state index contributed by atoms with van der Waals surface area (Å²) in [5, 5.41) is 5.11. The molecule has 0 aliphatic rings. The highest BCUT2D eigenvalue weighted by Gasteiger charge is 2.10. The molecule has 1 amide bonds. The van der Waals surface area contributed by atoms with Crippen molar-refractivity contribution in [2.45, 2.75) is 25.2 Å². The van der Waals surface area contributed by atoms with E-state index in [2.05, 4.69) is 10.5 Å². The van der Waals surface area contributed by atoms with Crippen LogP contribution >= 0.6 is 11.8 Å². The van der Waals surface area contributed by atoms with E-state index < -0.39 is 0 Å². The summed E-state index contributed by atoms with van der Waals surface area (Å²) in [6.07, 6.45) is 2.44. The number of nitrogens with one attached hydrogen (secondary N) is 1. The molecule has 1 N–H and O–H groups in total. The van der Waals surface area contributed by atoms with E-state index in [0.717, 1.165) is 33.6 Å². The first-order chi connectivity index (χ1) is 12.2. The van der Waals surface area contributed by atoms with Gasteiger partial charge >= 0.3 is 0 Å². The number of carbonyl (C=O) groups is 1. The smallest absolute Gasteiger partial charge is 0.250 e. The molecule has 0 aliphatic carbocycles. The van der Waals surface area contributed by atoms with Crippen LogP contribution in [0.4, 0.5) is 0 Å². The van der Waals surface area contributed by atoms with Crippen LogP contribution < -0.4 is 5.43 Å². The minimum Gasteiger partial charge on any atom is -0.460 e. The van der Waals surface area contributed by atoms with Gasteiger partial charge in [-0.05, 0) is 25.1 Å². The summed E-state index contributed by atoms with van der Waals surface area (Å²) in [4.78, 5) is 13.0. The van der Waals surface area contributed by atoms with Crippen LogP contribution in [0.2, 0.25) is 0 Å². The van der Waals surface area contributed by atoms with Crippen LogP contribution in [0.5, 0.6) is 0 Å². The van der Waals surface area contributed by atoms with Crippen molar-refractivity contribution < 1.29 is 9.21 Å². The van der Waals surface area contributed by atoms with Crippen LogP contribution in [0, 0.1) is 6.92 Å². The molecule has 3 aromatic rings. The number of hydrogen-bond acceptors (Lipinski definition) is 4. The maximum Gasteiger partial charge on any atom is 0.250 e. The number of hydrazone groups is 1. The predicted molar refractivity (Wildman–Crippen MR) is 103 cm³/mol. The molecule has 0 unspecified atom stereocenters.